The maximum Gasteiger partial charge on any atom is 0.251 e. The Kier molecular flexibility index (Phi) is 8.16. The van der Waals surface area contributed by atoms with Gasteiger partial charge in [-0.25, -0.2) is 0 Å². The molecule has 0 aliphatic carbocycles. The van der Waals surface area contributed by atoms with Gasteiger partial charge in [0, 0.05) is 32.2 Å². The summed E-state index contributed by atoms with van der Waals surface area (Å²) in [7, 11) is 3.42. The quantitative estimate of drug-likeness (QED) is 0.494. The van der Waals surface area contributed by atoms with E-state index in [1.165, 1.54) is 5.56 Å². The van der Waals surface area contributed by atoms with Crippen molar-refractivity contribution < 1.29 is 9.53 Å². The molecule has 0 spiro atoms. The first-order chi connectivity index (χ1) is 13.2. The molecule has 2 aromatic carbocycles. The van der Waals surface area contributed by atoms with E-state index in [0.717, 1.165) is 30.2 Å². The average Bonchev–Trinajstić information content (AvgIpc) is 2.71. The van der Waals surface area contributed by atoms with Crippen LogP contribution in [0.5, 0.6) is 5.75 Å². The van der Waals surface area contributed by atoms with Crippen molar-refractivity contribution >= 4 is 11.9 Å². The molecule has 2 rings (SSSR count). The highest BCUT2D eigenvalue weighted by molar-refractivity contribution is 5.94. The van der Waals surface area contributed by atoms with Gasteiger partial charge >= 0.3 is 0 Å². The zero-order valence-electron chi connectivity index (χ0n) is 16.2. The van der Waals surface area contributed by atoms with E-state index in [2.05, 4.69) is 33.1 Å². The van der Waals surface area contributed by atoms with E-state index in [1.54, 1.807) is 14.2 Å². The van der Waals surface area contributed by atoms with Crippen molar-refractivity contribution in [3.05, 3.63) is 65.2 Å². The van der Waals surface area contributed by atoms with Crippen molar-refractivity contribution in [2.45, 2.75) is 19.9 Å². The third kappa shape index (κ3) is 6.66. The van der Waals surface area contributed by atoms with E-state index < -0.39 is 0 Å². The number of hydrogen-bond donors (Lipinski definition) is 3. The van der Waals surface area contributed by atoms with Crippen LogP contribution in [0, 0.1) is 0 Å². The summed E-state index contributed by atoms with van der Waals surface area (Å²) < 4.78 is 5.17. The summed E-state index contributed by atoms with van der Waals surface area (Å²) in [5, 5.41) is 9.38. The Balaban J connectivity index is 1.77. The highest BCUT2D eigenvalue weighted by Gasteiger charge is 2.04. The minimum Gasteiger partial charge on any atom is -0.497 e. The lowest BCUT2D eigenvalue weighted by Gasteiger charge is -2.12. The van der Waals surface area contributed by atoms with Gasteiger partial charge in [0.25, 0.3) is 5.91 Å². The number of aliphatic imine (C=N–C) groups is 1. The summed E-state index contributed by atoms with van der Waals surface area (Å²) in [5.41, 5.74) is 2.99. The van der Waals surface area contributed by atoms with Gasteiger partial charge in [0.05, 0.1) is 7.11 Å². The molecule has 0 aromatic heterocycles. The predicted molar refractivity (Wildman–Crippen MR) is 109 cm³/mol. The Morgan fingerprint density at radius 2 is 1.63 bits per heavy atom. The summed E-state index contributed by atoms with van der Waals surface area (Å²) >= 11 is 0. The highest BCUT2D eigenvalue weighted by atomic mass is 16.5. The van der Waals surface area contributed by atoms with Crippen LogP contribution in [0.1, 0.15) is 28.4 Å². The first-order valence-corrected chi connectivity index (χ1v) is 9.10. The van der Waals surface area contributed by atoms with Crippen LogP contribution in [0.15, 0.2) is 53.5 Å². The second-order valence-electron chi connectivity index (χ2n) is 6.01. The largest absolute Gasteiger partial charge is 0.497 e. The van der Waals surface area contributed by atoms with Gasteiger partial charge in [0.15, 0.2) is 5.96 Å². The topological polar surface area (TPSA) is 74.8 Å². The molecule has 0 fully saturated rings. The van der Waals surface area contributed by atoms with E-state index in [4.69, 9.17) is 4.74 Å². The van der Waals surface area contributed by atoms with Crippen LogP contribution in [0.2, 0.25) is 0 Å². The Morgan fingerprint density at radius 1 is 0.963 bits per heavy atom. The van der Waals surface area contributed by atoms with E-state index in [1.807, 2.05) is 43.3 Å². The first-order valence-electron chi connectivity index (χ1n) is 9.10. The van der Waals surface area contributed by atoms with Crippen LogP contribution >= 0.6 is 0 Å². The van der Waals surface area contributed by atoms with E-state index in [-0.39, 0.29) is 5.91 Å². The molecule has 1 amide bonds. The lowest BCUT2D eigenvalue weighted by atomic mass is 10.1. The smallest absolute Gasteiger partial charge is 0.251 e. The molecule has 0 bridgehead atoms. The SMILES string of the molecule is CCNC(=O)c1ccc(CNC(=NC)NCCc2ccc(OC)cc2)cc1. The van der Waals surface area contributed by atoms with Crippen LogP contribution in [-0.4, -0.2) is 39.1 Å². The Bertz CT molecular complexity index is 740. The zero-order chi connectivity index (χ0) is 19.5. The van der Waals surface area contributed by atoms with Crippen molar-refractivity contribution in [2.24, 2.45) is 4.99 Å². The van der Waals surface area contributed by atoms with Crippen LogP contribution < -0.4 is 20.7 Å². The van der Waals surface area contributed by atoms with Crippen LogP contribution in [-0.2, 0) is 13.0 Å². The Hall–Kier alpha value is -3.02. The van der Waals surface area contributed by atoms with E-state index >= 15 is 0 Å². The number of nitrogens with zero attached hydrogens (tertiary/aromatic N) is 1. The monoisotopic (exact) mass is 368 g/mol. The third-order valence-corrected chi connectivity index (χ3v) is 4.10. The minimum absolute atomic E-state index is 0.0481. The molecular formula is C21H28N4O2. The number of nitrogens with one attached hydrogen (secondary N) is 3. The fourth-order valence-electron chi connectivity index (χ4n) is 2.56. The van der Waals surface area contributed by atoms with Gasteiger partial charge in [-0.3, -0.25) is 9.79 Å². The fourth-order valence-corrected chi connectivity index (χ4v) is 2.56. The van der Waals surface area contributed by atoms with Gasteiger partial charge < -0.3 is 20.7 Å². The summed E-state index contributed by atoms with van der Waals surface area (Å²) in [6.45, 7) is 3.95. The maximum absolute atomic E-state index is 11.8. The minimum atomic E-state index is -0.0481. The number of guanidine groups is 1. The number of hydrogen-bond acceptors (Lipinski definition) is 3. The first kappa shape index (κ1) is 20.3. The Morgan fingerprint density at radius 3 is 2.22 bits per heavy atom. The van der Waals surface area contributed by atoms with E-state index in [0.29, 0.717) is 18.7 Å². The number of amides is 1. The summed E-state index contributed by atoms with van der Waals surface area (Å²) in [4.78, 5) is 16.0. The van der Waals surface area contributed by atoms with Gasteiger partial charge in [0.1, 0.15) is 5.75 Å². The molecule has 3 N–H and O–H groups in total. The van der Waals surface area contributed by atoms with Crippen molar-refractivity contribution in [3.8, 4) is 5.75 Å². The molecule has 2 aromatic rings. The van der Waals surface area contributed by atoms with Gasteiger partial charge in [0.2, 0.25) is 0 Å². The molecule has 0 atom stereocenters. The lowest BCUT2D eigenvalue weighted by molar-refractivity contribution is 0.0956. The molecule has 6 nitrogen and oxygen atoms in total. The van der Waals surface area contributed by atoms with Gasteiger partial charge in [-0.05, 0) is 48.7 Å². The molecule has 0 aliphatic rings. The van der Waals surface area contributed by atoms with Crippen molar-refractivity contribution in [3.63, 3.8) is 0 Å². The summed E-state index contributed by atoms with van der Waals surface area (Å²) in [6.07, 6.45) is 0.895. The molecule has 0 unspecified atom stereocenters. The summed E-state index contributed by atoms with van der Waals surface area (Å²) in [5.74, 6) is 1.56. The number of carbonyl (C=O) groups excluding carboxylic acids is 1. The number of carbonyl (C=O) groups is 1. The van der Waals surface area contributed by atoms with Gasteiger partial charge in [-0.1, -0.05) is 24.3 Å². The summed E-state index contributed by atoms with van der Waals surface area (Å²) in [6, 6.07) is 15.6. The second-order valence-corrected chi connectivity index (χ2v) is 6.01. The molecule has 0 heterocycles. The molecular weight excluding hydrogens is 340 g/mol. The van der Waals surface area contributed by atoms with Crippen LogP contribution in [0.3, 0.4) is 0 Å². The van der Waals surface area contributed by atoms with Crippen LogP contribution in [0.4, 0.5) is 0 Å². The van der Waals surface area contributed by atoms with Crippen LogP contribution in [0.25, 0.3) is 0 Å². The highest BCUT2D eigenvalue weighted by Crippen LogP contribution is 2.11. The second kappa shape index (κ2) is 10.9. The fraction of sp³-hybridized carbons (Fsp3) is 0.333. The van der Waals surface area contributed by atoms with E-state index in [9.17, 15) is 4.79 Å². The van der Waals surface area contributed by atoms with Gasteiger partial charge in [-0.2, -0.15) is 0 Å². The number of ether oxygens (including phenoxy) is 1. The number of methoxy groups -OCH3 is 1. The third-order valence-electron chi connectivity index (χ3n) is 4.10. The molecule has 0 aliphatic heterocycles. The Labute approximate surface area is 161 Å². The normalized spacial score (nSPS) is 11.0. The molecule has 0 radical (unpaired) electrons. The molecule has 0 saturated carbocycles. The van der Waals surface area contributed by atoms with Crippen molar-refractivity contribution in [2.75, 3.05) is 27.2 Å². The molecule has 144 valence electrons. The lowest BCUT2D eigenvalue weighted by Crippen LogP contribution is -2.37. The molecule has 27 heavy (non-hydrogen) atoms. The zero-order valence-corrected chi connectivity index (χ0v) is 16.2. The van der Waals surface area contributed by atoms with Crippen molar-refractivity contribution in [1.29, 1.82) is 0 Å². The predicted octanol–water partition coefficient (Wildman–Crippen LogP) is 2.35. The van der Waals surface area contributed by atoms with Gasteiger partial charge in [-0.15, -0.1) is 0 Å². The molecule has 6 heteroatoms. The standard InChI is InChI=1S/C21H28N4O2/c1-4-23-20(26)18-9-5-17(6-10-18)15-25-21(22-2)24-14-13-16-7-11-19(27-3)12-8-16/h5-12H,4,13-15H2,1-3H3,(H,23,26)(H2,22,24,25). The van der Waals surface area contributed by atoms with Crippen molar-refractivity contribution in [1.82, 2.24) is 16.0 Å². The number of benzene rings is 2. The maximum atomic E-state index is 11.8. The molecule has 0 saturated heterocycles. The average molecular weight is 368 g/mol. The number of rotatable bonds is 8.